The number of rotatable bonds is 4. The van der Waals surface area contributed by atoms with Crippen LogP contribution in [-0.2, 0) is 10.0 Å². The summed E-state index contributed by atoms with van der Waals surface area (Å²) in [5.41, 5.74) is 0.444. The number of nitro benzene ring substituents is 1. The summed E-state index contributed by atoms with van der Waals surface area (Å²) in [5, 5.41) is 10.5. The number of benzene rings is 2. The summed E-state index contributed by atoms with van der Waals surface area (Å²) in [5.74, 6) is 0. The van der Waals surface area contributed by atoms with Gasteiger partial charge in [0.05, 0.1) is 9.82 Å². The second-order valence-corrected chi connectivity index (χ2v) is 6.56. The van der Waals surface area contributed by atoms with Crippen LogP contribution in [0, 0.1) is 10.1 Å². The van der Waals surface area contributed by atoms with Crippen LogP contribution in [-0.4, -0.2) is 19.6 Å². The molecule has 2 aromatic rings. The Morgan fingerprint density at radius 3 is 2.38 bits per heavy atom. The van der Waals surface area contributed by atoms with Crippen molar-refractivity contribution in [2.75, 3.05) is 0 Å². The van der Waals surface area contributed by atoms with E-state index in [1.165, 1.54) is 6.21 Å². The molecule has 21 heavy (non-hydrogen) atoms. The molecular weight excluding hydrogens is 360 g/mol. The van der Waals surface area contributed by atoms with Gasteiger partial charge in [0, 0.05) is 22.8 Å². The van der Waals surface area contributed by atoms with E-state index >= 15 is 0 Å². The summed E-state index contributed by atoms with van der Waals surface area (Å²) in [6.45, 7) is 0. The van der Waals surface area contributed by atoms with Crippen LogP contribution in [0.25, 0.3) is 0 Å². The molecule has 0 saturated carbocycles. The molecule has 0 aliphatic rings. The van der Waals surface area contributed by atoms with E-state index in [0.29, 0.717) is 5.56 Å². The van der Waals surface area contributed by atoms with Crippen LogP contribution in [0.3, 0.4) is 0 Å². The van der Waals surface area contributed by atoms with E-state index < -0.39 is 14.9 Å². The summed E-state index contributed by atoms with van der Waals surface area (Å²) in [4.78, 5) is 9.83. The number of hydrogen-bond donors (Lipinski definition) is 0. The molecule has 108 valence electrons. The molecule has 0 saturated heterocycles. The lowest BCUT2D eigenvalue weighted by atomic mass is 10.2. The van der Waals surface area contributed by atoms with Gasteiger partial charge in [-0.25, -0.2) is 0 Å². The van der Waals surface area contributed by atoms with Crippen molar-refractivity contribution in [3.05, 3.63) is 68.7 Å². The highest BCUT2D eigenvalue weighted by atomic mass is 79.9. The van der Waals surface area contributed by atoms with Crippen LogP contribution in [0.15, 0.2) is 62.3 Å². The molecule has 0 amide bonds. The number of nitrogens with zero attached hydrogens (tertiary/aromatic N) is 2. The molecule has 0 N–H and O–H groups in total. The number of sulfonamides is 1. The van der Waals surface area contributed by atoms with Crippen LogP contribution in [0.2, 0.25) is 0 Å². The van der Waals surface area contributed by atoms with Crippen LogP contribution >= 0.6 is 15.9 Å². The Morgan fingerprint density at radius 2 is 1.81 bits per heavy atom. The van der Waals surface area contributed by atoms with Gasteiger partial charge in [0.2, 0.25) is 0 Å². The third-order valence-electron chi connectivity index (χ3n) is 2.53. The maximum absolute atomic E-state index is 12.0. The Labute approximate surface area is 129 Å². The molecule has 0 fully saturated rings. The Kier molecular flexibility index (Phi) is 4.49. The van der Waals surface area contributed by atoms with Crippen molar-refractivity contribution < 1.29 is 13.3 Å². The zero-order chi connectivity index (χ0) is 15.5. The van der Waals surface area contributed by atoms with E-state index in [0.717, 1.165) is 28.7 Å². The molecule has 0 bridgehead atoms. The lowest BCUT2D eigenvalue weighted by molar-refractivity contribution is -0.384. The molecule has 2 aromatic carbocycles. The summed E-state index contributed by atoms with van der Waals surface area (Å²) >= 11 is 3.27. The van der Waals surface area contributed by atoms with Gasteiger partial charge < -0.3 is 0 Å². The van der Waals surface area contributed by atoms with Crippen molar-refractivity contribution >= 4 is 37.9 Å². The standard InChI is InChI=1S/C13H9BrN2O4S/c14-11-3-1-2-10(8-11)9-15-21(19,20)13-6-4-12(5-7-13)16(17)18/h1-9H/b15-9+. The lowest BCUT2D eigenvalue weighted by Crippen LogP contribution is -1.98. The zero-order valence-electron chi connectivity index (χ0n) is 10.5. The smallest absolute Gasteiger partial charge is 0.258 e. The second-order valence-electron chi connectivity index (χ2n) is 4.02. The van der Waals surface area contributed by atoms with Crippen molar-refractivity contribution in [3.8, 4) is 0 Å². The predicted octanol–water partition coefficient (Wildman–Crippen LogP) is 3.17. The lowest BCUT2D eigenvalue weighted by Gasteiger charge is -1.99. The van der Waals surface area contributed by atoms with E-state index in [9.17, 15) is 18.5 Å². The first-order chi connectivity index (χ1) is 9.88. The molecule has 0 spiro atoms. The predicted molar refractivity (Wildman–Crippen MR) is 82.0 cm³/mol. The Bertz CT molecular complexity index is 801. The molecule has 0 atom stereocenters. The van der Waals surface area contributed by atoms with Gasteiger partial charge in [0.15, 0.2) is 0 Å². The van der Waals surface area contributed by atoms with E-state index in [2.05, 4.69) is 20.3 Å². The van der Waals surface area contributed by atoms with E-state index in [1.807, 2.05) is 6.07 Å². The summed E-state index contributed by atoms with van der Waals surface area (Å²) in [7, 11) is -3.88. The van der Waals surface area contributed by atoms with Crippen LogP contribution in [0.1, 0.15) is 5.56 Å². The van der Waals surface area contributed by atoms with Gasteiger partial charge in [-0.3, -0.25) is 10.1 Å². The topological polar surface area (TPSA) is 89.6 Å². The van der Waals surface area contributed by atoms with Gasteiger partial charge in [0.25, 0.3) is 15.7 Å². The minimum atomic E-state index is -3.88. The molecule has 0 unspecified atom stereocenters. The molecule has 0 aliphatic carbocycles. The Balaban J connectivity index is 2.27. The summed E-state index contributed by atoms with van der Waals surface area (Å²) in [6.07, 6.45) is 1.22. The van der Waals surface area contributed by atoms with Crippen LogP contribution in [0.5, 0.6) is 0 Å². The highest BCUT2D eigenvalue weighted by Crippen LogP contribution is 2.18. The highest BCUT2D eigenvalue weighted by molar-refractivity contribution is 9.10. The van der Waals surface area contributed by atoms with E-state index in [1.54, 1.807) is 18.2 Å². The third kappa shape index (κ3) is 3.96. The van der Waals surface area contributed by atoms with Gasteiger partial charge in [-0.2, -0.15) is 12.8 Å². The molecular formula is C13H9BrN2O4S. The van der Waals surface area contributed by atoms with Gasteiger partial charge in [-0.05, 0) is 29.8 Å². The van der Waals surface area contributed by atoms with E-state index in [-0.39, 0.29) is 10.6 Å². The molecule has 0 heterocycles. The average molecular weight is 369 g/mol. The van der Waals surface area contributed by atoms with Crippen molar-refractivity contribution in [3.63, 3.8) is 0 Å². The fraction of sp³-hybridized carbons (Fsp3) is 0. The molecule has 2 rings (SSSR count). The van der Waals surface area contributed by atoms with Crippen molar-refractivity contribution in [2.45, 2.75) is 4.90 Å². The van der Waals surface area contributed by atoms with Gasteiger partial charge in [-0.15, -0.1) is 0 Å². The van der Waals surface area contributed by atoms with E-state index in [4.69, 9.17) is 0 Å². The van der Waals surface area contributed by atoms with Crippen molar-refractivity contribution in [1.82, 2.24) is 0 Å². The fourth-order valence-electron chi connectivity index (χ4n) is 1.52. The van der Waals surface area contributed by atoms with Crippen molar-refractivity contribution in [1.29, 1.82) is 0 Å². The van der Waals surface area contributed by atoms with Crippen LogP contribution < -0.4 is 0 Å². The molecule has 0 aliphatic heterocycles. The largest absolute Gasteiger partial charge is 0.282 e. The summed E-state index contributed by atoms with van der Waals surface area (Å²) in [6, 6.07) is 11.6. The first kappa shape index (κ1) is 15.3. The highest BCUT2D eigenvalue weighted by Gasteiger charge is 2.13. The molecule has 0 radical (unpaired) electrons. The molecule has 6 nitrogen and oxygen atoms in total. The number of hydrogen-bond acceptors (Lipinski definition) is 4. The molecule has 0 aromatic heterocycles. The zero-order valence-corrected chi connectivity index (χ0v) is 12.9. The minimum absolute atomic E-state index is 0.0978. The number of non-ortho nitro benzene ring substituents is 1. The van der Waals surface area contributed by atoms with Gasteiger partial charge >= 0.3 is 0 Å². The Hall–Kier alpha value is -2.06. The first-order valence-corrected chi connectivity index (χ1v) is 7.92. The maximum atomic E-state index is 12.0. The van der Waals surface area contributed by atoms with Crippen molar-refractivity contribution in [2.24, 2.45) is 4.40 Å². The van der Waals surface area contributed by atoms with Crippen LogP contribution in [0.4, 0.5) is 5.69 Å². The number of halogens is 1. The van der Waals surface area contributed by atoms with Gasteiger partial charge in [0.1, 0.15) is 0 Å². The Morgan fingerprint density at radius 1 is 1.14 bits per heavy atom. The average Bonchev–Trinajstić information content (AvgIpc) is 2.45. The summed E-state index contributed by atoms with van der Waals surface area (Å²) < 4.78 is 28.4. The molecule has 8 heteroatoms. The first-order valence-electron chi connectivity index (χ1n) is 5.69. The normalized spacial score (nSPS) is 11.7. The fourth-order valence-corrected chi connectivity index (χ4v) is 2.80. The number of nitro groups is 1. The van der Waals surface area contributed by atoms with Gasteiger partial charge in [-0.1, -0.05) is 28.1 Å². The second kappa shape index (κ2) is 6.15. The minimum Gasteiger partial charge on any atom is -0.258 e. The SMILES string of the molecule is O=[N+]([O-])c1ccc(S(=O)(=O)/N=C/c2cccc(Br)c2)cc1. The quantitative estimate of drug-likeness (QED) is 0.470. The maximum Gasteiger partial charge on any atom is 0.282 e. The third-order valence-corrected chi connectivity index (χ3v) is 4.28. The monoisotopic (exact) mass is 368 g/mol.